The molecule has 0 radical (unpaired) electrons. The second-order valence-electron chi connectivity index (χ2n) is 29.3. The number of hydrogen-bond donors (Lipinski definition) is 20. The Bertz CT molecular complexity index is 2610. The molecule has 0 saturated carbocycles. The van der Waals surface area contributed by atoms with Crippen LogP contribution in [0.2, 0.25) is 0 Å². The van der Waals surface area contributed by atoms with Gasteiger partial charge in [-0.05, 0) is 25.7 Å². The van der Waals surface area contributed by atoms with Crippen LogP contribution >= 0.6 is 11.8 Å². The van der Waals surface area contributed by atoms with Crippen molar-refractivity contribution >= 4 is 40.6 Å². The van der Waals surface area contributed by atoms with Crippen molar-refractivity contribution in [3.8, 4) is 0 Å². The molecule has 0 unspecified atom stereocenters. The number of aliphatic carboxylic acids is 1. The fourth-order valence-corrected chi connectivity index (χ4v) is 14.8. The molecule has 0 aromatic carbocycles. The number of carboxylic acid groups (broad SMARTS) is 1. The standard InChI is InChI=1S/C73H129N3O32S/c1-5-6-7-8-9-10-11-13-16-19-22-25-28-31-45(85)44(76-52(88)32-29-26-23-20-17-14-12-15-18-21-24-27-30-33-109-43(4)84)40-99-69-61(95)59(93)63(50(38-80)102-69)104-71-62(96)67(108-73(72(97)98)34-46(86)53(74-41(2)82)66(107-73)55(89)47(87)35-77)64(51(39-81)103-71)105-68-54(75-42(3)83)65(57(91)49(37-79)100-68)106-70-60(94)58(92)56(90)48(36-78)101-70/h28,31,44-51,53-71,77-81,85-87,89-96H,5-27,29-30,32-40H2,1-4H3,(H,74,82)(H,75,83)(H,76,88)(H,97,98)/b31-28+/t44-,45+,46-,47+,48+,49+,50+,51+,53+,54+,55+,56-,57-,58-,59+,60+,61+,62+,63+,64-,65+,66+,67+,68-,69+,70-,71-,73+/m0/s1. The number of ether oxygens (including phenoxy) is 10. The zero-order chi connectivity index (χ0) is 80.3. The molecular formula is C73H129N3O32S. The molecule has 0 aromatic rings. The Balaban J connectivity index is 1.38. The Morgan fingerprint density at radius 2 is 0.982 bits per heavy atom. The molecule has 5 rings (SSSR count). The smallest absolute Gasteiger partial charge is 0.364 e. The summed E-state index contributed by atoms with van der Waals surface area (Å²) in [5, 5.41) is 197. The second-order valence-corrected chi connectivity index (χ2v) is 30.5. The highest BCUT2D eigenvalue weighted by atomic mass is 32.2. The van der Waals surface area contributed by atoms with E-state index in [1.54, 1.807) is 13.0 Å². The Labute approximate surface area is 642 Å². The number of thioether (sulfide) groups is 1. The van der Waals surface area contributed by atoms with Gasteiger partial charge in [0.05, 0.1) is 63.9 Å². The molecule has 20 N–H and O–H groups in total. The number of carbonyl (C=O) groups is 5. The van der Waals surface area contributed by atoms with Crippen LogP contribution in [-0.2, 0) is 71.3 Å². The summed E-state index contributed by atoms with van der Waals surface area (Å²) in [5.41, 5.74) is 0. The number of allylic oxidation sites excluding steroid dienone is 1. The van der Waals surface area contributed by atoms with Crippen molar-refractivity contribution < 1.29 is 158 Å². The highest BCUT2D eigenvalue weighted by molar-refractivity contribution is 8.13. The minimum atomic E-state index is -3.39. The molecule has 35 nitrogen and oxygen atoms in total. The van der Waals surface area contributed by atoms with Crippen LogP contribution in [0.4, 0.5) is 0 Å². The van der Waals surface area contributed by atoms with Gasteiger partial charge in [0.1, 0.15) is 116 Å². The number of aliphatic hydroxyl groups excluding tert-OH is 16. The topological polar surface area (TPSA) is 558 Å². The van der Waals surface area contributed by atoms with Crippen LogP contribution in [0, 0.1) is 0 Å². The second kappa shape index (κ2) is 50.8. The zero-order valence-corrected chi connectivity index (χ0v) is 64.2. The summed E-state index contributed by atoms with van der Waals surface area (Å²) >= 11 is 1.38. The number of unbranched alkanes of at least 4 members (excludes halogenated alkanes) is 23. The summed E-state index contributed by atoms with van der Waals surface area (Å²) in [5.74, 6) is -6.87. The molecule has 28 atom stereocenters. The van der Waals surface area contributed by atoms with Crippen molar-refractivity contribution in [1.29, 1.82) is 0 Å². The molecule has 5 aliphatic heterocycles. The molecule has 0 aliphatic carbocycles. The van der Waals surface area contributed by atoms with Gasteiger partial charge >= 0.3 is 5.97 Å². The van der Waals surface area contributed by atoms with Crippen LogP contribution in [0.3, 0.4) is 0 Å². The van der Waals surface area contributed by atoms with Gasteiger partial charge in [0.15, 0.2) is 30.3 Å². The average Bonchev–Trinajstić information content (AvgIpc) is 0.748. The summed E-state index contributed by atoms with van der Waals surface area (Å²) in [4.78, 5) is 64.1. The number of amides is 3. The molecule has 0 aromatic heterocycles. The monoisotopic (exact) mass is 1590 g/mol. The molecule has 5 saturated heterocycles. The number of aliphatic hydroxyl groups is 16. The van der Waals surface area contributed by atoms with Gasteiger partial charge in [-0.1, -0.05) is 166 Å². The van der Waals surface area contributed by atoms with Gasteiger partial charge in [0, 0.05) is 39.4 Å². The van der Waals surface area contributed by atoms with Gasteiger partial charge < -0.3 is 150 Å². The molecule has 36 heteroatoms. The Kier molecular flexibility index (Phi) is 44.9. The zero-order valence-electron chi connectivity index (χ0n) is 63.4. The van der Waals surface area contributed by atoms with Gasteiger partial charge in [-0.25, -0.2) is 4.79 Å². The number of rotatable bonds is 52. The first kappa shape index (κ1) is 96.2. The molecule has 109 heavy (non-hydrogen) atoms. The van der Waals surface area contributed by atoms with E-state index in [9.17, 15) is 111 Å². The van der Waals surface area contributed by atoms with Crippen molar-refractivity contribution in [2.24, 2.45) is 0 Å². The third-order valence-corrected chi connectivity index (χ3v) is 21.3. The third kappa shape index (κ3) is 30.3. The summed E-state index contributed by atoms with van der Waals surface area (Å²) in [6.45, 7) is -0.359. The van der Waals surface area contributed by atoms with Crippen molar-refractivity contribution in [1.82, 2.24) is 16.0 Å². The minimum absolute atomic E-state index is 0.116. The number of carboxylic acids is 1. The maximum Gasteiger partial charge on any atom is 0.364 e. The maximum absolute atomic E-state index is 13.8. The van der Waals surface area contributed by atoms with Crippen LogP contribution in [0.1, 0.15) is 201 Å². The Morgan fingerprint density at radius 1 is 0.514 bits per heavy atom. The molecule has 5 aliphatic rings. The third-order valence-electron chi connectivity index (χ3n) is 20.4. The largest absolute Gasteiger partial charge is 0.477 e. The minimum Gasteiger partial charge on any atom is -0.477 e. The normalized spacial score (nSPS) is 34.1. The van der Waals surface area contributed by atoms with E-state index in [-0.39, 0.29) is 11.5 Å². The van der Waals surface area contributed by atoms with E-state index < -0.39 is 241 Å². The molecule has 3 amide bonds. The lowest BCUT2D eigenvalue weighted by Gasteiger charge is -2.52. The van der Waals surface area contributed by atoms with Gasteiger partial charge in [-0.2, -0.15) is 0 Å². The number of carbonyl (C=O) groups excluding carboxylic acids is 4. The lowest BCUT2D eigenvalue weighted by atomic mass is 9.88. The lowest BCUT2D eigenvalue weighted by molar-refractivity contribution is -0.403. The molecule has 0 spiro atoms. The highest BCUT2D eigenvalue weighted by Crippen LogP contribution is 2.41. The van der Waals surface area contributed by atoms with E-state index in [0.29, 0.717) is 12.8 Å². The summed E-state index contributed by atoms with van der Waals surface area (Å²) in [6.07, 6.45) is -20.6. The van der Waals surface area contributed by atoms with Gasteiger partial charge in [-0.3, -0.25) is 19.2 Å². The lowest BCUT2D eigenvalue weighted by Crippen LogP contribution is -2.72. The van der Waals surface area contributed by atoms with E-state index >= 15 is 0 Å². The van der Waals surface area contributed by atoms with Gasteiger partial charge in [0.2, 0.25) is 17.7 Å². The van der Waals surface area contributed by atoms with Crippen molar-refractivity contribution in [2.45, 2.75) is 372 Å². The fourth-order valence-electron chi connectivity index (χ4n) is 14.2. The van der Waals surface area contributed by atoms with Crippen LogP contribution in [-0.4, -0.2) is 332 Å². The van der Waals surface area contributed by atoms with Crippen LogP contribution in [0.25, 0.3) is 0 Å². The fraction of sp³-hybridized carbons (Fsp3) is 0.904. The molecule has 0 bridgehead atoms. The van der Waals surface area contributed by atoms with Crippen molar-refractivity contribution in [3.05, 3.63) is 12.2 Å². The van der Waals surface area contributed by atoms with Crippen LogP contribution in [0.5, 0.6) is 0 Å². The van der Waals surface area contributed by atoms with E-state index in [1.807, 2.05) is 0 Å². The Hall–Kier alpha value is -3.40. The summed E-state index contributed by atoms with van der Waals surface area (Å²) < 4.78 is 60.1. The van der Waals surface area contributed by atoms with Crippen molar-refractivity contribution in [3.63, 3.8) is 0 Å². The quantitative estimate of drug-likeness (QED) is 0.0242. The average molecular weight is 1590 g/mol. The summed E-state index contributed by atoms with van der Waals surface area (Å²) in [7, 11) is 0. The van der Waals surface area contributed by atoms with Gasteiger partial charge in [0.25, 0.3) is 5.79 Å². The first-order valence-corrected chi connectivity index (χ1v) is 40.1. The van der Waals surface area contributed by atoms with E-state index in [1.165, 1.54) is 88.5 Å². The number of hydrogen-bond acceptors (Lipinski definition) is 32. The molecular weight excluding hydrogens is 1460 g/mol. The predicted molar refractivity (Wildman–Crippen MR) is 387 cm³/mol. The molecule has 634 valence electrons. The molecule has 5 fully saturated rings. The predicted octanol–water partition coefficient (Wildman–Crippen LogP) is -1.56. The Morgan fingerprint density at radius 3 is 1.52 bits per heavy atom. The number of nitrogens with one attached hydrogen (secondary N) is 3. The van der Waals surface area contributed by atoms with Crippen molar-refractivity contribution in [2.75, 3.05) is 45.4 Å². The first-order valence-electron chi connectivity index (χ1n) is 39.1. The summed E-state index contributed by atoms with van der Waals surface area (Å²) in [6, 6.07) is -4.83. The van der Waals surface area contributed by atoms with E-state index in [4.69, 9.17) is 47.4 Å². The maximum atomic E-state index is 13.8. The van der Waals surface area contributed by atoms with E-state index in [0.717, 1.165) is 96.7 Å². The van der Waals surface area contributed by atoms with E-state index in [2.05, 4.69) is 22.9 Å². The van der Waals surface area contributed by atoms with Crippen LogP contribution in [0.15, 0.2) is 12.2 Å². The SMILES string of the molecule is CCCCCCCCCCCCC/C=C/[C@@H](O)[C@H](CO[C@@H]1O[C@H](CO)[C@@H](O[C@@H]2O[C@H](CO)[C@H](O[C@@H]3O[C@H](CO)[C@H](O)[C@H](O[C@@H]4O[C@H](CO)[C@H](O)[C@H](O)[C@H]4O)[C@H]3NC(C)=O)[C@H](O[C@@]3(C(=O)O)C[C@H](O)[C@@H](NC(C)=O)[C@H]([C@H](O)[C@H](O)CO)O3)[C@H]2O)[C@H](O)[C@H]1O)NC(=O)CCCCCCCCCCCCCCCSC(C)=O. The van der Waals surface area contributed by atoms with Crippen LogP contribution < -0.4 is 16.0 Å². The molecule has 5 heterocycles. The highest BCUT2D eigenvalue weighted by Gasteiger charge is 2.62. The van der Waals surface area contributed by atoms with Gasteiger partial charge in [-0.15, -0.1) is 0 Å². The first-order chi connectivity index (χ1) is 52.1.